The predicted octanol–water partition coefficient (Wildman–Crippen LogP) is 3.14. The molecule has 0 saturated carbocycles. The molecule has 0 aromatic heterocycles. The van der Waals surface area contributed by atoms with Crippen molar-refractivity contribution in [1.82, 2.24) is 5.32 Å². The van der Waals surface area contributed by atoms with E-state index in [0.717, 1.165) is 12.1 Å². The monoisotopic (exact) mass is 331 g/mol. The molecule has 1 saturated heterocycles. The molecular weight excluding hydrogens is 309 g/mol. The van der Waals surface area contributed by atoms with Gasteiger partial charge in [-0.15, -0.1) is 0 Å². The summed E-state index contributed by atoms with van der Waals surface area (Å²) in [6.07, 6.45) is -0.371. The maximum absolute atomic E-state index is 12.4. The zero-order valence-electron chi connectivity index (χ0n) is 13.5. The molecule has 24 heavy (non-hydrogen) atoms. The van der Waals surface area contributed by atoms with Crippen LogP contribution in [0.3, 0.4) is 0 Å². The van der Waals surface area contributed by atoms with Gasteiger partial charge in [0.15, 0.2) is 17.6 Å². The summed E-state index contributed by atoms with van der Waals surface area (Å²) in [6.45, 7) is 1.68. The number of hydrogen-bond donors (Lipinski definition) is 1. The first-order chi connectivity index (χ1) is 11.9. The first kappa shape index (κ1) is 16.7. The van der Waals surface area contributed by atoms with Gasteiger partial charge in [-0.2, -0.15) is 0 Å². The van der Waals surface area contributed by atoms with Crippen molar-refractivity contribution >= 4 is 0 Å². The number of alkyl halides is 1. The van der Waals surface area contributed by atoms with E-state index in [1.807, 2.05) is 48.5 Å². The summed E-state index contributed by atoms with van der Waals surface area (Å²) in [5, 5.41) is 3.33. The van der Waals surface area contributed by atoms with Gasteiger partial charge in [-0.1, -0.05) is 42.5 Å². The maximum atomic E-state index is 12.4. The number of benzene rings is 2. The van der Waals surface area contributed by atoms with E-state index in [2.05, 4.69) is 5.32 Å². The quantitative estimate of drug-likeness (QED) is 0.846. The average Bonchev–Trinajstić information content (AvgIpc) is 2.66. The molecule has 1 aliphatic rings. The molecule has 2 aromatic carbocycles. The molecule has 0 spiro atoms. The lowest BCUT2D eigenvalue weighted by molar-refractivity contribution is -0.0439. The van der Waals surface area contributed by atoms with Gasteiger partial charge < -0.3 is 19.5 Å². The number of morpholine rings is 1. The molecule has 2 atom stereocenters. The van der Waals surface area contributed by atoms with Crippen molar-refractivity contribution in [3.8, 4) is 11.5 Å². The Kier molecular flexibility index (Phi) is 6.04. The smallest absolute Gasteiger partial charge is 0.162 e. The normalized spacial score (nSPS) is 18.8. The maximum Gasteiger partial charge on any atom is 0.162 e. The highest BCUT2D eigenvalue weighted by Crippen LogP contribution is 2.33. The molecular formula is C19H22FNO3. The highest BCUT2D eigenvalue weighted by Gasteiger charge is 2.28. The number of rotatable bonds is 7. The van der Waals surface area contributed by atoms with Crippen molar-refractivity contribution in [2.75, 3.05) is 33.0 Å². The lowest BCUT2D eigenvalue weighted by Gasteiger charge is -2.32. The average molecular weight is 331 g/mol. The Morgan fingerprint density at radius 1 is 1.08 bits per heavy atom. The van der Waals surface area contributed by atoms with Crippen LogP contribution in [0, 0.1) is 0 Å². The second-order valence-electron chi connectivity index (χ2n) is 5.55. The van der Waals surface area contributed by atoms with Crippen molar-refractivity contribution in [2.45, 2.75) is 12.2 Å². The second kappa shape index (κ2) is 8.66. The van der Waals surface area contributed by atoms with Gasteiger partial charge in [-0.3, -0.25) is 0 Å². The van der Waals surface area contributed by atoms with Gasteiger partial charge in [0, 0.05) is 13.1 Å². The van der Waals surface area contributed by atoms with Crippen molar-refractivity contribution in [2.24, 2.45) is 0 Å². The summed E-state index contributed by atoms with van der Waals surface area (Å²) < 4.78 is 30.0. The number of para-hydroxylation sites is 2. The number of halogens is 1. The van der Waals surface area contributed by atoms with Crippen LogP contribution in [0.4, 0.5) is 4.39 Å². The van der Waals surface area contributed by atoms with E-state index in [1.165, 1.54) is 0 Å². The third-order valence-electron chi connectivity index (χ3n) is 3.86. The van der Waals surface area contributed by atoms with Crippen LogP contribution in [-0.4, -0.2) is 39.1 Å². The zero-order valence-corrected chi connectivity index (χ0v) is 13.5. The standard InChI is InChI=1S/C19H22FNO3/c20-10-12-22-16-8-4-5-9-17(16)24-19(15-6-2-1-3-7-15)18-14-21-11-13-23-18/h1-9,18-19,21H,10-14H2/t18-,19-/m0/s1. The molecule has 1 heterocycles. The first-order valence-electron chi connectivity index (χ1n) is 8.20. The molecule has 5 heteroatoms. The van der Waals surface area contributed by atoms with Crippen molar-refractivity contribution < 1.29 is 18.6 Å². The van der Waals surface area contributed by atoms with Gasteiger partial charge in [0.25, 0.3) is 0 Å². The Bertz CT molecular complexity index is 617. The molecule has 2 aromatic rings. The van der Waals surface area contributed by atoms with Gasteiger partial charge in [-0.05, 0) is 17.7 Å². The van der Waals surface area contributed by atoms with Crippen LogP contribution in [0.5, 0.6) is 11.5 Å². The molecule has 0 unspecified atom stereocenters. The molecule has 3 rings (SSSR count). The fourth-order valence-corrected chi connectivity index (χ4v) is 2.73. The second-order valence-corrected chi connectivity index (χ2v) is 5.55. The van der Waals surface area contributed by atoms with Crippen LogP contribution < -0.4 is 14.8 Å². The third kappa shape index (κ3) is 4.24. The lowest BCUT2D eigenvalue weighted by atomic mass is 10.0. The largest absolute Gasteiger partial charge is 0.487 e. The molecule has 0 amide bonds. The van der Waals surface area contributed by atoms with Crippen molar-refractivity contribution in [1.29, 1.82) is 0 Å². The van der Waals surface area contributed by atoms with E-state index in [0.29, 0.717) is 24.7 Å². The van der Waals surface area contributed by atoms with Crippen LogP contribution in [0.1, 0.15) is 11.7 Å². The lowest BCUT2D eigenvalue weighted by Crippen LogP contribution is -2.43. The summed E-state index contributed by atoms with van der Waals surface area (Å²) in [4.78, 5) is 0. The van der Waals surface area contributed by atoms with Crippen molar-refractivity contribution in [3.05, 3.63) is 60.2 Å². The molecule has 1 aliphatic heterocycles. The van der Waals surface area contributed by atoms with Crippen LogP contribution >= 0.6 is 0 Å². The van der Waals surface area contributed by atoms with Crippen LogP contribution in [-0.2, 0) is 4.74 Å². The molecule has 0 aliphatic carbocycles. The van der Waals surface area contributed by atoms with E-state index in [1.54, 1.807) is 6.07 Å². The number of nitrogens with one attached hydrogen (secondary N) is 1. The van der Waals surface area contributed by atoms with E-state index in [4.69, 9.17) is 14.2 Å². The van der Waals surface area contributed by atoms with E-state index >= 15 is 0 Å². The van der Waals surface area contributed by atoms with E-state index in [-0.39, 0.29) is 18.8 Å². The zero-order chi connectivity index (χ0) is 16.6. The summed E-state index contributed by atoms with van der Waals surface area (Å²) in [7, 11) is 0. The highest BCUT2D eigenvalue weighted by atomic mass is 19.1. The first-order valence-corrected chi connectivity index (χ1v) is 8.20. The van der Waals surface area contributed by atoms with Crippen LogP contribution in [0.15, 0.2) is 54.6 Å². The minimum absolute atomic E-state index is 0.0118. The summed E-state index contributed by atoms with van der Waals surface area (Å²) in [5.41, 5.74) is 1.03. The predicted molar refractivity (Wildman–Crippen MR) is 90.3 cm³/mol. The molecule has 0 bridgehead atoms. The van der Waals surface area contributed by atoms with Gasteiger partial charge in [-0.25, -0.2) is 4.39 Å². The Morgan fingerprint density at radius 2 is 1.83 bits per heavy atom. The number of hydrogen-bond acceptors (Lipinski definition) is 4. The third-order valence-corrected chi connectivity index (χ3v) is 3.86. The molecule has 1 N–H and O–H groups in total. The molecule has 1 fully saturated rings. The van der Waals surface area contributed by atoms with E-state index in [9.17, 15) is 4.39 Å². The highest BCUT2D eigenvalue weighted by molar-refractivity contribution is 5.40. The Balaban J connectivity index is 1.84. The number of ether oxygens (including phenoxy) is 3. The van der Waals surface area contributed by atoms with Crippen LogP contribution in [0.2, 0.25) is 0 Å². The molecule has 0 radical (unpaired) electrons. The van der Waals surface area contributed by atoms with Gasteiger partial charge in [0.1, 0.15) is 19.4 Å². The summed E-state index contributed by atoms with van der Waals surface area (Å²) in [6, 6.07) is 17.3. The van der Waals surface area contributed by atoms with Crippen LogP contribution in [0.25, 0.3) is 0 Å². The van der Waals surface area contributed by atoms with Gasteiger partial charge in [0.2, 0.25) is 0 Å². The molecule has 4 nitrogen and oxygen atoms in total. The SMILES string of the molecule is FCCOc1ccccc1O[C@@H](c1ccccc1)[C@@H]1CNCCO1. The van der Waals surface area contributed by atoms with Gasteiger partial charge in [0.05, 0.1) is 6.61 Å². The topological polar surface area (TPSA) is 39.7 Å². The fourth-order valence-electron chi connectivity index (χ4n) is 2.73. The fraction of sp³-hybridized carbons (Fsp3) is 0.368. The van der Waals surface area contributed by atoms with Crippen molar-refractivity contribution in [3.63, 3.8) is 0 Å². The Morgan fingerprint density at radius 3 is 2.54 bits per heavy atom. The molecule has 128 valence electrons. The minimum Gasteiger partial charge on any atom is -0.487 e. The van der Waals surface area contributed by atoms with Gasteiger partial charge >= 0.3 is 0 Å². The Labute approximate surface area is 141 Å². The van der Waals surface area contributed by atoms with E-state index < -0.39 is 6.67 Å². The Hall–Kier alpha value is -2.11. The minimum atomic E-state index is -0.536. The summed E-state index contributed by atoms with van der Waals surface area (Å²) in [5.74, 6) is 1.13. The summed E-state index contributed by atoms with van der Waals surface area (Å²) >= 11 is 0.